The van der Waals surface area contributed by atoms with E-state index in [-0.39, 0.29) is 17.2 Å². The first-order valence-corrected chi connectivity index (χ1v) is 10.9. The van der Waals surface area contributed by atoms with Gasteiger partial charge in [-0.2, -0.15) is 0 Å². The van der Waals surface area contributed by atoms with Crippen LogP contribution in [-0.2, 0) is 16.0 Å². The first kappa shape index (κ1) is 18.7. The van der Waals surface area contributed by atoms with Gasteiger partial charge in [-0.3, -0.25) is 9.59 Å². The van der Waals surface area contributed by atoms with Crippen LogP contribution >= 0.6 is 0 Å². The van der Waals surface area contributed by atoms with Gasteiger partial charge in [0.2, 0.25) is 5.91 Å². The Labute approximate surface area is 163 Å². The molecule has 0 N–H and O–H groups in total. The fourth-order valence-corrected chi connectivity index (χ4v) is 6.55. The summed E-state index contributed by atoms with van der Waals surface area (Å²) in [7, 11) is 0. The number of ketones is 1. The first-order chi connectivity index (χ1) is 13.0. The van der Waals surface area contributed by atoms with Gasteiger partial charge in [-0.05, 0) is 74.8 Å². The van der Waals surface area contributed by atoms with Crippen molar-refractivity contribution in [3.8, 4) is 0 Å². The third kappa shape index (κ3) is 2.94. The van der Waals surface area contributed by atoms with Crippen LogP contribution in [0.4, 0.5) is 0 Å². The molecule has 3 aliphatic rings. The monoisotopic (exact) mass is 367 g/mol. The van der Waals surface area contributed by atoms with Crippen LogP contribution in [-0.4, -0.2) is 29.7 Å². The lowest BCUT2D eigenvalue weighted by Gasteiger charge is -2.48. The van der Waals surface area contributed by atoms with Crippen LogP contribution in [0.5, 0.6) is 0 Å². The standard InChI is InChI=1S/C24H33NO2/c1-4-25(5-2)22(26)15-17-14-21-20-11-10-16-8-6-7-9-18(16)19(20)12-13-24(21,3)23(17)27/h6-9,17,19-21H,4-5,10-15H2,1-3H3. The minimum Gasteiger partial charge on any atom is -0.343 e. The number of carbonyl (C=O) groups excluding carboxylic acids is 2. The van der Waals surface area contributed by atoms with Crippen molar-refractivity contribution in [2.75, 3.05) is 13.1 Å². The zero-order chi connectivity index (χ0) is 19.2. The van der Waals surface area contributed by atoms with E-state index < -0.39 is 0 Å². The van der Waals surface area contributed by atoms with Crippen LogP contribution < -0.4 is 0 Å². The minimum atomic E-state index is -0.207. The molecule has 1 amide bonds. The zero-order valence-corrected chi connectivity index (χ0v) is 17.0. The molecule has 4 rings (SSSR count). The summed E-state index contributed by atoms with van der Waals surface area (Å²) in [6.45, 7) is 7.71. The molecule has 0 aliphatic heterocycles. The molecule has 1 aromatic rings. The summed E-state index contributed by atoms with van der Waals surface area (Å²) in [5, 5.41) is 0. The number of hydrogen-bond donors (Lipinski definition) is 0. The van der Waals surface area contributed by atoms with Crippen molar-refractivity contribution in [2.45, 2.75) is 65.2 Å². The molecule has 0 heterocycles. The topological polar surface area (TPSA) is 37.4 Å². The maximum absolute atomic E-state index is 13.3. The molecule has 0 bridgehead atoms. The molecule has 0 aromatic heterocycles. The van der Waals surface area contributed by atoms with Crippen molar-refractivity contribution in [3.63, 3.8) is 0 Å². The Kier molecular flexibility index (Phi) is 4.90. The van der Waals surface area contributed by atoms with Gasteiger partial charge < -0.3 is 4.90 Å². The SMILES string of the molecule is CCN(CC)C(=O)CC1CC2C3CCc4ccccc4C3CCC2(C)C1=O. The van der Waals surface area contributed by atoms with Crippen LogP contribution in [0.2, 0.25) is 0 Å². The highest BCUT2D eigenvalue weighted by atomic mass is 16.2. The Bertz CT molecular complexity index is 738. The Morgan fingerprint density at radius 2 is 1.93 bits per heavy atom. The fraction of sp³-hybridized carbons (Fsp3) is 0.667. The fourth-order valence-electron chi connectivity index (χ4n) is 6.55. The molecule has 3 aliphatic carbocycles. The van der Waals surface area contributed by atoms with Crippen LogP contribution in [0.25, 0.3) is 0 Å². The molecule has 2 fully saturated rings. The first-order valence-electron chi connectivity index (χ1n) is 10.9. The maximum atomic E-state index is 13.3. The summed E-state index contributed by atoms with van der Waals surface area (Å²) in [5.41, 5.74) is 2.84. The second kappa shape index (κ2) is 7.07. The number of fused-ring (bicyclic) bond motifs is 5. The van der Waals surface area contributed by atoms with Crippen molar-refractivity contribution >= 4 is 11.7 Å². The highest BCUT2D eigenvalue weighted by Gasteiger charge is 2.58. The van der Waals surface area contributed by atoms with Crippen LogP contribution in [0.15, 0.2) is 24.3 Å². The number of benzene rings is 1. The Morgan fingerprint density at radius 3 is 2.67 bits per heavy atom. The molecule has 1 aromatic carbocycles. The number of rotatable bonds is 4. The lowest BCUT2D eigenvalue weighted by molar-refractivity contribution is -0.137. The van der Waals surface area contributed by atoms with E-state index >= 15 is 0 Å². The quantitative estimate of drug-likeness (QED) is 0.780. The van der Waals surface area contributed by atoms with Crippen LogP contribution in [0.1, 0.15) is 69.9 Å². The number of Topliss-reactive ketones (excluding diaryl/α,β-unsaturated/α-hetero) is 1. The molecule has 146 valence electrons. The lowest BCUT2D eigenvalue weighted by Crippen LogP contribution is -2.42. The van der Waals surface area contributed by atoms with Gasteiger partial charge in [-0.25, -0.2) is 0 Å². The number of hydrogen-bond acceptors (Lipinski definition) is 2. The Balaban J connectivity index is 1.56. The van der Waals surface area contributed by atoms with Gasteiger partial charge in [-0.1, -0.05) is 31.2 Å². The molecule has 0 saturated heterocycles. The van der Waals surface area contributed by atoms with Crippen molar-refractivity contribution in [1.82, 2.24) is 4.90 Å². The average Bonchev–Trinajstić information content (AvgIpc) is 2.93. The van der Waals surface area contributed by atoms with Crippen molar-refractivity contribution in [3.05, 3.63) is 35.4 Å². The summed E-state index contributed by atoms with van der Waals surface area (Å²) < 4.78 is 0. The second-order valence-electron chi connectivity index (χ2n) is 9.14. The number of aryl methyl sites for hydroxylation is 1. The largest absolute Gasteiger partial charge is 0.343 e. The number of amides is 1. The predicted octanol–water partition coefficient (Wildman–Crippen LogP) is 4.60. The highest BCUT2D eigenvalue weighted by Crippen LogP contribution is 2.61. The van der Waals surface area contributed by atoms with Crippen molar-refractivity contribution in [2.24, 2.45) is 23.2 Å². The third-order valence-corrected chi connectivity index (χ3v) is 8.04. The smallest absolute Gasteiger partial charge is 0.223 e. The molecule has 0 radical (unpaired) electrons. The highest BCUT2D eigenvalue weighted by molar-refractivity contribution is 5.93. The molecule has 2 saturated carbocycles. The van der Waals surface area contributed by atoms with E-state index in [0.29, 0.717) is 30.0 Å². The average molecular weight is 368 g/mol. The van der Waals surface area contributed by atoms with Crippen molar-refractivity contribution < 1.29 is 9.59 Å². The third-order valence-electron chi connectivity index (χ3n) is 8.04. The van der Waals surface area contributed by atoms with E-state index in [0.717, 1.165) is 38.8 Å². The van der Waals surface area contributed by atoms with Crippen LogP contribution in [0, 0.1) is 23.2 Å². The summed E-state index contributed by atoms with van der Waals surface area (Å²) in [5.74, 6) is 2.14. The number of nitrogens with zero attached hydrogens (tertiary/aromatic N) is 1. The van der Waals surface area contributed by atoms with Crippen molar-refractivity contribution in [1.29, 1.82) is 0 Å². The summed E-state index contributed by atoms with van der Waals surface area (Å²) >= 11 is 0. The lowest BCUT2D eigenvalue weighted by atomic mass is 9.55. The maximum Gasteiger partial charge on any atom is 0.223 e. The van der Waals surface area contributed by atoms with Crippen LogP contribution in [0.3, 0.4) is 0 Å². The molecule has 5 unspecified atom stereocenters. The zero-order valence-electron chi connectivity index (χ0n) is 17.0. The van der Waals surface area contributed by atoms with Gasteiger partial charge in [0.15, 0.2) is 0 Å². The molecule has 5 atom stereocenters. The van der Waals surface area contributed by atoms with Gasteiger partial charge in [0.05, 0.1) is 0 Å². The van der Waals surface area contributed by atoms with Gasteiger partial charge in [-0.15, -0.1) is 0 Å². The molecular weight excluding hydrogens is 334 g/mol. The molecule has 27 heavy (non-hydrogen) atoms. The van der Waals surface area contributed by atoms with Gasteiger partial charge in [0.25, 0.3) is 0 Å². The van der Waals surface area contributed by atoms with E-state index in [1.165, 1.54) is 17.5 Å². The van der Waals surface area contributed by atoms with E-state index in [4.69, 9.17) is 0 Å². The summed E-state index contributed by atoms with van der Waals surface area (Å²) in [6, 6.07) is 8.91. The minimum absolute atomic E-state index is 0.0657. The van der Waals surface area contributed by atoms with E-state index in [1.807, 2.05) is 18.7 Å². The molecule has 0 spiro atoms. The van der Waals surface area contributed by atoms with Gasteiger partial charge >= 0.3 is 0 Å². The van der Waals surface area contributed by atoms with Gasteiger partial charge in [0.1, 0.15) is 5.78 Å². The van der Waals surface area contributed by atoms with E-state index in [9.17, 15) is 9.59 Å². The van der Waals surface area contributed by atoms with Gasteiger partial charge in [0, 0.05) is 30.8 Å². The Hall–Kier alpha value is -1.64. The number of carbonyl (C=O) groups is 2. The molecule has 3 nitrogen and oxygen atoms in total. The normalized spacial score (nSPS) is 34.6. The second-order valence-corrected chi connectivity index (χ2v) is 9.14. The Morgan fingerprint density at radius 1 is 1.19 bits per heavy atom. The van der Waals surface area contributed by atoms with E-state index in [1.54, 1.807) is 0 Å². The molecular formula is C24H33NO2. The molecule has 3 heteroatoms. The van der Waals surface area contributed by atoms with E-state index in [2.05, 4.69) is 31.2 Å². The summed E-state index contributed by atoms with van der Waals surface area (Å²) in [4.78, 5) is 27.9. The predicted molar refractivity (Wildman–Crippen MR) is 107 cm³/mol. The summed E-state index contributed by atoms with van der Waals surface area (Å²) in [6.07, 6.45) is 5.79.